The van der Waals surface area contributed by atoms with Crippen LogP contribution >= 0.6 is 0 Å². The summed E-state index contributed by atoms with van der Waals surface area (Å²) in [7, 11) is 0. The molecule has 2 rings (SSSR count). The second-order valence-electron chi connectivity index (χ2n) is 6.47. The van der Waals surface area contributed by atoms with Crippen LogP contribution in [0.4, 0.5) is 0 Å². The van der Waals surface area contributed by atoms with E-state index in [1.165, 1.54) is 0 Å². The minimum atomic E-state index is -0.189. The number of benzene rings is 1. The lowest BCUT2D eigenvalue weighted by atomic mass is 10.2. The summed E-state index contributed by atoms with van der Waals surface area (Å²) >= 11 is 0. The third kappa shape index (κ3) is 4.45. The Balaban J connectivity index is 1.99. The van der Waals surface area contributed by atoms with Gasteiger partial charge in [0, 0.05) is 30.7 Å². The van der Waals surface area contributed by atoms with Gasteiger partial charge < -0.3 is 9.73 Å². The van der Waals surface area contributed by atoms with E-state index >= 15 is 0 Å². The number of nitrogens with one attached hydrogen (secondary N) is 1. The smallest absolute Gasteiger partial charge is 0.273 e. The van der Waals surface area contributed by atoms with Crippen LogP contribution in [-0.4, -0.2) is 41.0 Å². The molecule has 0 aliphatic rings. The van der Waals surface area contributed by atoms with Crippen molar-refractivity contribution in [3.05, 3.63) is 41.8 Å². The zero-order valence-electron chi connectivity index (χ0n) is 15.2. The molecule has 1 aromatic carbocycles. The highest BCUT2D eigenvalue weighted by Gasteiger charge is 2.19. The summed E-state index contributed by atoms with van der Waals surface area (Å²) in [5.74, 6) is 0.825. The van der Waals surface area contributed by atoms with Crippen LogP contribution in [0, 0.1) is 6.92 Å². The zero-order valence-corrected chi connectivity index (χ0v) is 15.2. The van der Waals surface area contributed by atoms with Crippen molar-refractivity contribution in [2.24, 2.45) is 0 Å². The van der Waals surface area contributed by atoms with Crippen molar-refractivity contribution >= 4 is 5.91 Å². The second-order valence-corrected chi connectivity index (χ2v) is 6.47. The summed E-state index contributed by atoms with van der Waals surface area (Å²) in [5, 5.41) is 2.94. The summed E-state index contributed by atoms with van der Waals surface area (Å²) in [6.07, 6.45) is 0. The molecule has 0 atom stereocenters. The number of aromatic nitrogens is 1. The molecule has 2 aromatic rings. The van der Waals surface area contributed by atoms with Crippen LogP contribution < -0.4 is 5.32 Å². The third-order valence-electron chi connectivity index (χ3n) is 4.01. The molecule has 0 aliphatic carbocycles. The third-order valence-corrected chi connectivity index (χ3v) is 4.01. The standard InChI is InChI=1S/C19H27N3O2/c1-13(2)22(14(3)4)12-11-20-18(23)17-15(5)24-19(21-17)16-9-7-6-8-10-16/h6-10,13-14H,11-12H2,1-5H3,(H,20,23). The average molecular weight is 329 g/mol. The average Bonchev–Trinajstić information content (AvgIpc) is 2.93. The Kier molecular flexibility index (Phi) is 6.15. The Morgan fingerprint density at radius 1 is 1.17 bits per heavy atom. The zero-order chi connectivity index (χ0) is 17.7. The van der Waals surface area contributed by atoms with Gasteiger partial charge in [0.15, 0.2) is 5.69 Å². The highest BCUT2D eigenvalue weighted by molar-refractivity contribution is 5.93. The number of carbonyl (C=O) groups excluding carboxylic acids is 1. The number of carbonyl (C=O) groups is 1. The summed E-state index contributed by atoms with van der Waals surface area (Å²) in [5.41, 5.74) is 1.22. The fourth-order valence-corrected chi connectivity index (χ4v) is 2.81. The molecule has 24 heavy (non-hydrogen) atoms. The van der Waals surface area contributed by atoms with Crippen molar-refractivity contribution in [2.75, 3.05) is 13.1 Å². The van der Waals surface area contributed by atoms with Crippen LogP contribution in [0.15, 0.2) is 34.7 Å². The predicted molar refractivity (Wildman–Crippen MR) is 96.0 cm³/mol. The first-order valence-corrected chi connectivity index (χ1v) is 8.47. The number of oxazole rings is 1. The van der Waals surface area contributed by atoms with E-state index < -0.39 is 0 Å². The van der Waals surface area contributed by atoms with Gasteiger partial charge in [0.25, 0.3) is 5.91 Å². The van der Waals surface area contributed by atoms with E-state index in [0.29, 0.717) is 36.0 Å². The summed E-state index contributed by atoms with van der Waals surface area (Å²) < 4.78 is 5.64. The molecule has 0 saturated carbocycles. The summed E-state index contributed by atoms with van der Waals surface area (Å²) in [6.45, 7) is 11.8. The molecule has 0 saturated heterocycles. The maximum Gasteiger partial charge on any atom is 0.273 e. The van der Waals surface area contributed by atoms with Crippen molar-refractivity contribution in [1.82, 2.24) is 15.2 Å². The van der Waals surface area contributed by atoms with Gasteiger partial charge in [0.1, 0.15) is 5.76 Å². The Bertz CT molecular complexity index is 655. The predicted octanol–water partition coefficient (Wildman–Crippen LogP) is 3.50. The summed E-state index contributed by atoms with van der Waals surface area (Å²) in [4.78, 5) is 19.1. The molecule has 1 heterocycles. The van der Waals surface area contributed by atoms with Crippen LogP contribution in [-0.2, 0) is 0 Å². The SMILES string of the molecule is Cc1oc(-c2ccccc2)nc1C(=O)NCCN(C(C)C)C(C)C. The van der Waals surface area contributed by atoms with E-state index in [1.807, 2.05) is 30.3 Å². The molecule has 5 heteroatoms. The quantitative estimate of drug-likeness (QED) is 0.844. The second kappa shape index (κ2) is 8.11. The Morgan fingerprint density at radius 2 is 1.79 bits per heavy atom. The van der Waals surface area contributed by atoms with Crippen LogP contribution in [0.3, 0.4) is 0 Å². The van der Waals surface area contributed by atoms with E-state index in [2.05, 4.69) is 42.9 Å². The molecule has 0 aliphatic heterocycles. The first-order chi connectivity index (χ1) is 11.4. The van der Waals surface area contributed by atoms with Crippen molar-refractivity contribution < 1.29 is 9.21 Å². The maximum absolute atomic E-state index is 12.4. The van der Waals surface area contributed by atoms with Gasteiger partial charge >= 0.3 is 0 Å². The Hall–Kier alpha value is -2.14. The van der Waals surface area contributed by atoms with Gasteiger partial charge in [0.05, 0.1) is 0 Å². The van der Waals surface area contributed by atoms with E-state index in [0.717, 1.165) is 12.1 Å². The van der Waals surface area contributed by atoms with Gasteiger partial charge in [-0.15, -0.1) is 0 Å². The highest BCUT2D eigenvalue weighted by atomic mass is 16.4. The largest absolute Gasteiger partial charge is 0.441 e. The lowest BCUT2D eigenvalue weighted by Crippen LogP contribution is -2.42. The summed E-state index contributed by atoms with van der Waals surface area (Å²) in [6, 6.07) is 10.5. The molecule has 0 unspecified atom stereocenters. The van der Waals surface area contributed by atoms with Gasteiger partial charge in [-0.3, -0.25) is 9.69 Å². The van der Waals surface area contributed by atoms with Crippen molar-refractivity contribution in [3.63, 3.8) is 0 Å². The number of hydrogen-bond donors (Lipinski definition) is 1. The minimum Gasteiger partial charge on any atom is -0.441 e. The number of nitrogens with zero attached hydrogens (tertiary/aromatic N) is 2. The molecule has 130 valence electrons. The minimum absolute atomic E-state index is 0.189. The lowest BCUT2D eigenvalue weighted by molar-refractivity contribution is 0.0933. The first kappa shape index (κ1) is 18.2. The Morgan fingerprint density at radius 3 is 2.38 bits per heavy atom. The van der Waals surface area contributed by atoms with Crippen molar-refractivity contribution in [2.45, 2.75) is 46.7 Å². The van der Waals surface area contributed by atoms with E-state index in [9.17, 15) is 4.79 Å². The van der Waals surface area contributed by atoms with Crippen LogP contribution in [0.1, 0.15) is 43.9 Å². The lowest BCUT2D eigenvalue weighted by Gasteiger charge is -2.30. The molecule has 1 N–H and O–H groups in total. The van der Waals surface area contributed by atoms with Crippen molar-refractivity contribution in [1.29, 1.82) is 0 Å². The van der Waals surface area contributed by atoms with Gasteiger partial charge in [0.2, 0.25) is 5.89 Å². The first-order valence-electron chi connectivity index (χ1n) is 8.47. The molecular formula is C19H27N3O2. The number of aryl methyl sites for hydroxylation is 1. The number of rotatable bonds is 7. The van der Waals surface area contributed by atoms with Gasteiger partial charge in [-0.2, -0.15) is 0 Å². The number of amides is 1. The fraction of sp³-hybridized carbons (Fsp3) is 0.474. The number of hydrogen-bond acceptors (Lipinski definition) is 4. The molecule has 0 fully saturated rings. The maximum atomic E-state index is 12.4. The van der Waals surface area contributed by atoms with Crippen LogP contribution in [0.5, 0.6) is 0 Å². The normalized spacial score (nSPS) is 11.5. The van der Waals surface area contributed by atoms with Gasteiger partial charge in [-0.1, -0.05) is 18.2 Å². The molecule has 0 radical (unpaired) electrons. The van der Waals surface area contributed by atoms with E-state index in [1.54, 1.807) is 6.92 Å². The van der Waals surface area contributed by atoms with E-state index in [4.69, 9.17) is 4.42 Å². The Labute approximate surface area is 144 Å². The molecule has 0 spiro atoms. The topological polar surface area (TPSA) is 58.4 Å². The highest BCUT2D eigenvalue weighted by Crippen LogP contribution is 2.21. The van der Waals surface area contributed by atoms with Gasteiger partial charge in [-0.05, 0) is 46.8 Å². The van der Waals surface area contributed by atoms with Gasteiger partial charge in [-0.25, -0.2) is 4.98 Å². The molecular weight excluding hydrogens is 302 g/mol. The monoisotopic (exact) mass is 329 g/mol. The fourth-order valence-electron chi connectivity index (χ4n) is 2.81. The van der Waals surface area contributed by atoms with Crippen molar-refractivity contribution in [3.8, 4) is 11.5 Å². The molecule has 5 nitrogen and oxygen atoms in total. The van der Waals surface area contributed by atoms with E-state index in [-0.39, 0.29) is 5.91 Å². The molecule has 1 aromatic heterocycles. The molecule has 1 amide bonds. The van der Waals surface area contributed by atoms with Crippen LogP contribution in [0.2, 0.25) is 0 Å². The van der Waals surface area contributed by atoms with Crippen LogP contribution in [0.25, 0.3) is 11.5 Å². The molecule has 0 bridgehead atoms.